The van der Waals surface area contributed by atoms with E-state index in [1.807, 2.05) is 13.0 Å². The molecule has 0 aromatic carbocycles. The second-order valence-electron chi connectivity index (χ2n) is 3.68. The van der Waals surface area contributed by atoms with Gasteiger partial charge in [0, 0.05) is 0 Å². The lowest BCUT2D eigenvalue weighted by Crippen LogP contribution is -2.14. The molecule has 0 aliphatic heterocycles. The van der Waals surface area contributed by atoms with Gasteiger partial charge in [-0.3, -0.25) is 0 Å². The Bertz CT molecular complexity index is 281. The molecule has 1 rings (SSSR count). The summed E-state index contributed by atoms with van der Waals surface area (Å²) in [5.74, 6) is 1.65. The minimum Gasteiger partial charge on any atom is -0.445 e. The third kappa shape index (κ3) is 5.37. The summed E-state index contributed by atoms with van der Waals surface area (Å²) in [5, 5.41) is 3.31. The zero-order chi connectivity index (χ0) is 10.9. The molecule has 0 saturated heterocycles. The van der Waals surface area contributed by atoms with Crippen molar-refractivity contribution in [1.29, 1.82) is 0 Å². The Morgan fingerprint density at radius 2 is 2.33 bits per heavy atom. The van der Waals surface area contributed by atoms with Crippen molar-refractivity contribution >= 4 is 0 Å². The molecule has 0 atom stereocenters. The van der Waals surface area contributed by atoms with E-state index in [-0.39, 0.29) is 0 Å². The largest absolute Gasteiger partial charge is 0.445 e. The Labute approximate surface area is 91.6 Å². The second kappa shape index (κ2) is 7.23. The van der Waals surface area contributed by atoms with Crippen molar-refractivity contribution in [3.63, 3.8) is 0 Å². The van der Waals surface area contributed by atoms with E-state index in [0.29, 0.717) is 0 Å². The van der Waals surface area contributed by atoms with Crippen LogP contribution in [-0.4, -0.2) is 11.5 Å². The van der Waals surface area contributed by atoms with Crippen LogP contribution in [0.2, 0.25) is 0 Å². The highest BCUT2D eigenvalue weighted by molar-refractivity contribution is 4.90. The van der Waals surface area contributed by atoms with Crippen LogP contribution in [0.4, 0.5) is 0 Å². The quantitative estimate of drug-likeness (QED) is 0.527. The van der Waals surface area contributed by atoms with Gasteiger partial charge in [-0.25, -0.2) is 4.98 Å². The molecule has 0 radical (unpaired) electrons. The van der Waals surface area contributed by atoms with Crippen LogP contribution in [0.5, 0.6) is 0 Å². The van der Waals surface area contributed by atoms with Crippen molar-refractivity contribution in [3.05, 3.63) is 30.5 Å². The number of allylic oxidation sites excluding steroid dienone is 1. The first-order valence-corrected chi connectivity index (χ1v) is 5.56. The molecule has 1 heterocycles. The van der Waals surface area contributed by atoms with Crippen LogP contribution in [0.1, 0.15) is 37.3 Å². The highest BCUT2D eigenvalue weighted by Crippen LogP contribution is 2.01. The highest BCUT2D eigenvalue weighted by atomic mass is 16.4. The van der Waals surface area contributed by atoms with Gasteiger partial charge in [0.2, 0.25) is 5.89 Å². The number of aromatic nitrogens is 1. The number of rotatable bonds is 8. The number of nitrogens with zero attached hydrogens (tertiary/aromatic N) is 1. The van der Waals surface area contributed by atoms with Gasteiger partial charge < -0.3 is 9.73 Å². The van der Waals surface area contributed by atoms with Gasteiger partial charge in [0.25, 0.3) is 0 Å². The Kier molecular flexibility index (Phi) is 5.78. The highest BCUT2D eigenvalue weighted by Gasteiger charge is 1.98. The van der Waals surface area contributed by atoms with Crippen LogP contribution in [0, 0.1) is 6.92 Å². The first-order chi connectivity index (χ1) is 7.33. The van der Waals surface area contributed by atoms with Crippen molar-refractivity contribution in [2.24, 2.45) is 0 Å². The predicted octanol–water partition coefficient (Wildman–Crippen LogP) is 2.82. The summed E-state index contributed by atoms with van der Waals surface area (Å²) in [7, 11) is 0. The number of aryl methyl sites for hydroxylation is 1. The minimum atomic E-state index is 0.731. The average molecular weight is 208 g/mol. The van der Waals surface area contributed by atoms with Gasteiger partial charge in [0.05, 0.1) is 12.7 Å². The SMILES string of the molecule is C=CCCCCCNCc1ncc(C)o1. The Hall–Kier alpha value is -1.09. The first-order valence-electron chi connectivity index (χ1n) is 5.56. The van der Waals surface area contributed by atoms with E-state index in [1.165, 1.54) is 19.3 Å². The van der Waals surface area contributed by atoms with Crippen molar-refractivity contribution in [2.75, 3.05) is 6.54 Å². The van der Waals surface area contributed by atoms with Crippen LogP contribution in [0.3, 0.4) is 0 Å². The summed E-state index contributed by atoms with van der Waals surface area (Å²) in [6.45, 7) is 7.37. The van der Waals surface area contributed by atoms with Crippen molar-refractivity contribution in [2.45, 2.75) is 39.2 Å². The molecule has 1 aromatic heterocycles. The first kappa shape index (κ1) is 12.0. The Balaban J connectivity index is 1.95. The van der Waals surface area contributed by atoms with E-state index < -0.39 is 0 Å². The average Bonchev–Trinajstić information content (AvgIpc) is 2.63. The molecule has 1 N–H and O–H groups in total. The molecule has 0 bridgehead atoms. The number of hydrogen-bond acceptors (Lipinski definition) is 3. The van der Waals surface area contributed by atoms with Crippen LogP contribution in [0.25, 0.3) is 0 Å². The molecular formula is C12H20N2O. The summed E-state index contributed by atoms with van der Waals surface area (Å²) in [4.78, 5) is 4.12. The number of oxazole rings is 1. The molecule has 1 aromatic rings. The maximum absolute atomic E-state index is 5.34. The fourth-order valence-electron chi connectivity index (χ4n) is 1.39. The monoisotopic (exact) mass is 208 g/mol. The Morgan fingerprint density at radius 1 is 1.47 bits per heavy atom. The van der Waals surface area contributed by atoms with Gasteiger partial charge in [-0.2, -0.15) is 0 Å². The molecule has 15 heavy (non-hydrogen) atoms. The summed E-state index contributed by atoms with van der Waals surface area (Å²) in [6.07, 6.45) is 8.55. The second-order valence-corrected chi connectivity index (χ2v) is 3.68. The zero-order valence-electron chi connectivity index (χ0n) is 9.46. The van der Waals surface area contributed by atoms with E-state index in [9.17, 15) is 0 Å². The van der Waals surface area contributed by atoms with Crippen molar-refractivity contribution in [1.82, 2.24) is 10.3 Å². The van der Waals surface area contributed by atoms with Gasteiger partial charge >= 0.3 is 0 Å². The minimum absolute atomic E-state index is 0.731. The molecule has 0 aliphatic rings. The third-order valence-electron chi connectivity index (χ3n) is 2.21. The normalized spacial score (nSPS) is 10.5. The molecular weight excluding hydrogens is 188 g/mol. The molecule has 0 unspecified atom stereocenters. The van der Waals surface area contributed by atoms with Crippen molar-refractivity contribution < 1.29 is 4.42 Å². The maximum atomic E-state index is 5.34. The van der Waals surface area contributed by atoms with Gasteiger partial charge in [0.15, 0.2) is 0 Å². The molecule has 0 fully saturated rings. The lowest BCUT2D eigenvalue weighted by atomic mass is 10.2. The van der Waals surface area contributed by atoms with E-state index in [2.05, 4.69) is 16.9 Å². The fraction of sp³-hybridized carbons (Fsp3) is 0.583. The third-order valence-corrected chi connectivity index (χ3v) is 2.21. The van der Waals surface area contributed by atoms with Crippen LogP contribution >= 0.6 is 0 Å². The topological polar surface area (TPSA) is 38.1 Å². The summed E-state index contributed by atoms with van der Waals surface area (Å²) in [5.41, 5.74) is 0. The summed E-state index contributed by atoms with van der Waals surface area (Å²) < 4.78 is 5.34. The lowest BCUT2D eigenvalue weighted by molar-refractivity contribution is 0.446. The molecule has 3 heteroatoms. The van der Waals surface area contributed by atoms with Gasteiger partial charge in [-0.05, 0) is 32.7 Å². The smallest absolute Gasteiger partial charge is 0.208 e. The van der Waals surface area contributed by atoms with E-state index in [0.717, 1.165) is 31.2 Å². The van der Waals surface area contributed by atoms with E-state index in [4.69, 9.17) is 4.42 Å². The van der Waals surface area contributed by atoms with Gasteiger partial charge in [-0.15, -0.1) is 6.58 Å². The van der Waals surface area contributed by atoms with Gasteiger partial charge in [-0.1, -0.05) is 12.5 Å². The predicted molar refractivity (Wildman–Crippen MR) is 61.6 cm³/mol. The number of hydrogen-bond donors (Lipinski definition) is 1. The lowest BCUT2D eigenvalue weighted by Gasteiger charge is -2.01. The van der Waals surface area contributed by atoms with E-state index >= 15 is 0 Å². The van der Waals surface area contributed by atoms with Gasteiger partial charge in [0.1, 0.15) is 5.76 Å². The molecule has 0 saturated carbocycles. The summed E-state index contributed by atoms with van der Waals surface area (Å²) in [6, 6.07) is 0. The van der Waals surface area contributed by atoms with E-state index in [1.54, 1.807) is 6.20 Å². The molecule has 3 nitrogen and oxygen atoms in total. The fourth-order valence-corrected chi connectivity index (χ4v) is 1.39. The molecule has 0 spiro atoms. The summed E-state index contributed by atoms with van der Waals surface area (Å²) >= 11 is 0. The zero-order valence-corrected chi connectivity index (χ0v) is 9.46. The van der Waals surface area contributed by atoms with Crippen LogP contribution in [0.15, 0.2) is 23.3 Å². The number of nitrogens with one attached hydrogen (secondary N) is 1. The maximum Gasteiger partial charge on any atom is 0.208 e. The number of unbranched alkanes of at least 4 members (excludes halogenated alkanes) is 3. The van der Waals surface area contributed by atoms with Crippen molar-refractivity contribution in [3.8, 4) is 0 Å². The van der Waals surface area contributed by atoms with Crippen LogP contribution in [-0.2, 0) is 6.54 Å². The molecule has 0 aliphatic carbocycles. The molecule has 0 amide bonds. The van der Waals surface area contributed by atoms with Crippen LogP contribution < -0.4 is 5.32 Å². The standard InChI is InChI=1S/C12H20N2O/c1-3-4-5-6-7-8-13-10-12-14-9-11(2)15-12/h3,9,13H,1,4-8,10H2,2H3. The Morgan fingerprint density at radius 3 is 3.00 bits per heavy atom. The molecule has 84 valence electrons.